The number of amides is 1. The Morgan fingerprint density at radius 2 is 2.20 bits per heavy atom. The molecule has 0 aliphatic heterocycles. The van der Waals surface area contributed by atoms with E-state index in [9.17, 15) is 9.59 Å². The summed E-state index contributed by atoms with van der Waals surface area (Å²) < 4.78 is 4.50. The Morgan fingerprint density at radius 1 is 1.60 bits per heavy atom. The molecule has 0 rings (SSSR count). The summed E-state index contributed by atoms with van der Waals surface area (Å²) in [6, 6.07) is 0. The number of carbonyl (C=O) groups is 2. The van der Waals surface area contributed by atoms with E-state index >= 15 is 0 Å². The Balaban J connectivity index is 3.30. The van der Waals surface area contributed by atoms with Gasteiger partial charge in [-0.2, -0.15) is 0 Å². The number of ether oxygens (including phenoxy) is 1. The van der Waals surface area contributed by atoms with Crippen LogP contribution in [0.5, 0.6) is 0 Å². The summed E-state index contributed by atoms with van der Waals surface area (Å²) in [7, 11) is 0. The molecule has 58 valence electrons. The van der Waals surface area contributed by atoms with E-state index in [1.165, 1.54) is 0 Å². The minimum Gasteiger partial charge on any atom is -0.465 e. The number of esters is 1. The molecule has 0 unspecified atom stereocenters. The van der Waals surface area contributed by atoms with Crippen molar-refractivity contribution >= 4 is 23.8 Å². The van der Waals surface area contributed by atoms with Crippen LogP contribution in [0.3, 0.4) is 0 Å². The van der Waals surface area contributed by atoms with E-state index in [2.05, 4.69) is 22.7 Å². The van der Waals surface area contributed by atoms with Gasteiger partial charge in [0.15, 0.2) is 0 Å². The van der Waals surface area contributed by atoms with Gasteiger partial charge in [0.25, 0.3) is 5.24 Å². The predicted molar refractivity (Wildman–Crippen MR) is 39.0 cm³/mol. The van der Waals surface area contributed by atoms with E-state index in [4.69, 9.17) is 0 Å². The van der Waals surface area contributed by atoms with Crippen molar-refractivity contribution < 1.29 is 14.3 Å². The van der Waals surface area contributed by atoms with Crippen LogP contribution >= 0.6 is 12.6 Å². The number of hydrogen-bond acceptors (Lipinski definition) is 3. The zero-order valence-corrected chi connectivity index (χ0v) is 6.48. The first-order valence-electron chi connectivity index (χ1n) is 2.79. The molecular weight excluding hydrogens is 154 g/mol. The molecule has 0 aromatic carbocycles. The standard InChI is InChI=1S/C5H9NO3S/c1-2-9-4(7)3-6-5(8)10/h2-3H2,1H3,(H2,6,8,10). The highest BCUT2D eigenvalue weighted by molar-refractivity contribution is 7.96. The quantitative estimate of drug-likeness (QED) is 0.461. The second-order valence-electron chi connectivity index (χ2n) is 1.46. The molecule has 0 aliphatic carbocycles. The van der Waals surface area contributed by atoms with Gasteiger partial charge in [0.2, 0.25) is 0 Å². The van der Waals surface area contributed by atoms with Gasteiger partial charge in [-0.3, -0.25) is 9.59 Å². The van der Waals surface area contributed by atoms with Crippen LogP contribution in [0, 0.1) is 0 Å². The number of carbonyl (C=O) groups excluding carboxylic acids is 2. The number of rotatable bonds is 3. The van der Waals surface area contributed by atoms with Gasteiger partial charge in [-0.05, 0) is 6.92 Å². The Morgan fingerprint density at radius 3 is 2.60 bits per heavy atom. The Bertz CT molecular complexity index is 137. The number of hydrogen-bond donors (Lipinski definition) is 2. The van der Waals surface area contributed by atoms with Crippen molar-refractivity contribution in [1.82, 2.24) is 5.32 Å². The minimum atomic E-state index is -0.534. The first kappa shape index (κ1) is 9.29. The third kappa shape index (κ3) is 5.43. The van der Waals surface area contributed by atoms with Crippen LogP contribution in [0.4, 0.5) is 4.79 Å². The van der Waals surface area contributed by atoms with E-state index < -0.39 is 11.2 Å². The first-order chi connectivity index (χ1) is 4.66. The second kappa shape index (κ2) is 5.10. The van der Waals surface area contributed by atoms with Gasteiger partial charge in [0.05, 0.1) is 6.61 Å². The molecule has 0 radical (unpaired) electrons. The maximum absolute atomic E-state index is 10.5. The maximum Gasteiger partial charge on any atom is 0.325 e. The normalized spacial score (nSPS) is 8.60. The molecular formula is C5H9NO3S. The van der Waals surface area contributed by atoms with Crippen molar-refractivity contribution in [2.45, 2.75) is 6.92 Å². The lowest BCUT2D eigenvalue weighted by Gasteiger charge is -2.00. The summed E-state index contributed by atoms with van der Waals surface area (Å²) in [6.07, 6.45) is 0. The molecule has 0 aromatic rings. The van der Waals surface area contributed by atoms with E-state index in [0.29, 0.717) is 6.61 Å². The van der Waals surface area contributed by atoms with Crippen LogP contribution in [0.15, 0.2) is 0 Å². The minimum absolute atomic E-state index is 0.115. The molecule has 10 heavy (non-hydrogen) atoms. The third-order valence-corrected chi connectivity index (χ3v) is 0.847. The molecule has 0 heterocycles. The zero-order chi connectivity index (χ0) is 7.98. The fourth-order valence-corrected chi connectivity index (χ4v) is 0.439. The fraction of sp³-hybridized carbons (Fsp3) is 0.600. The summed E-state index contributed by atoms with van der Waals surface area (Å²) in [4.78, 5) is 20.6. The lowest BCUT2D eigenvalue weighted by atomic mass is 10.6. The van der Waals surface area contributed by atoms with Crippen LogP contribution in [0.25, 0.3) is 0 Å². The van der Waals surface area contributed by atoms with E-state index in [0.717, 1.165) is 0 Å². The van der Waals surface area contributed by atoms with Crippen LogP contribution < -0.4 is 5.32 Å². The zero-order valence-electron chi connectivity index (χ0n) is 5.59. The topological polar surface area (TPSA) is 55.4 Å². The molecule has 0 spiro atoms. The van der Waals surface area contributed by atoms with E-state index in [-0.39, 0.29) is 6.54 Å². The largest absolute Gasteiger partial charge is 0.465 e. The fourth-order valence-electron chi connectivity index (χ4n) is 0.360. The lowest BCUT2D eigenvalue weighted by Crippen LogP contribution is -2.26. The average Bonchev–Trinajstić information content (AvgIpc) is 1.85. The van der Waals surface area contributed by atoms with Crippen molar-refractivity contribution in [2.24, 2.45) is 0 Å². The Hall–Kier alpha value is -0.710. The lowest BCUT2D eigenvalue weighted by molar-refractivity contribution is -0.141. The van der Waals surface area contributed by atoms with Crippen molar-refractivity contribution in [2.75, 3.05) is 13.2 Å². The smallest absolute Gasteiger partial charge is 0.325 e. The third-order valence-electron chi connectivity index (χ3n) is 0.689. The predicted octanol–water partition coefficient (Wildman–Crippen LogP) is 0.189. The molecule has 0 saturated carbocycles. The van der Waals surface area contributed by atoms with Crippen molar-refractivity contribution in [1.29, 1.82) is 0 Å². The summed E-state index contributed by atoms with van der Waals surface area (Å²) in [5.74, 6) is -0.454. The maximum atomic E-state index is 10.5. The highest BCUT2D eigenvalue weighted by atomic mass is 32.1. The molecule has 4 nitrogen and oxygen atoms in total. The highest BCUT2D eigenvalue weighted by Gasteiger charge is 2.00. The molecule has 0 atom stereocenters. The average molecular weight is 163 g/mol. The number of nitrogens with one attached hydrogen (secondary N) is 1. The van der Waals surface area contributed by atoms with Crippen molar-refractivity contribution in [3.63, 3.8) is 0 Å². The van der Waals surface area contributed by atoms with Crippen LogP contribution in [0.2, 0.25) is 0 Å². The number of thiol groups is 1. The molecule has 1 N–H and O–H groups in total. The molecule has 0 aromatic heterocycles. The molecule has 0 fully saturated rings. The van der Waals surface area contributed by atoms with Gasteiger partial charge in [0.1, 0.15) is 6.54 Å². The van der Waals surface area contributed by atoms with Gasteiger partial charge in [-0.25, -0.2) is 0 Å². The van der Waals surface area contributed by atoms with Crippen molar-refractivity contribution in [3.05, 3.63) is 0 Å². The van der Waals surface area contributed by atoms with Gasteiger partial charge in [0, 0.05) is 0 Å². The van der Waals surface area contributed by atoms with Gasteiger partial charge in [-0.15, -0.1) is 0 Å². The van der Waals surface area contributed by atoms with Gasteiger partial charge >= 0.3 is 5.97 Å². The highest BCUT2D eigenvalue weighted by Crippen LogP contribution is 1.78. The second-order valence-corrected chi connectivity index (χ2v) is 1.87. The first-order valence-corrected chi connectivity index (χ1v) is 3.24. The van der Waals surface area contributed by atoms with Crippen LogP contribution in [-0.2, 0) is 9.53 Å². The van der Waals surface area contributed by atoms with Crippen molar-refractivity contribution in [3.8, 4) is 0 Å². The molecule has 0 aliphatic rings. The molecule has 1 amide bonds. The summed E-state index contributed by atoms with van der Waals surface area (Å²) >= 11 is 3.38. The van der Waals surface area contributed by atoms with Crippen LogP contribution in [0.1, 0.15) is 6.92 Å². The SMILES string of the molecule is CCOC(=O)CNC(=O)S. The molecule has 0 saturated heterocycles. The molecule has 5 heteroatoms. The summed E-state index contributed by atoms with van der Waals surface area (Å²) in [6.45, 7) is 1.90. The summed E-state index contributed by atoms with van der Waals surface area (Å²) in [5, 5.41) is 1.65. The summed E-state index contributed by atoms with van der Waals surface area (Å²) in [5.41, 5.74) is 0. The molecule has 0 bridgehead atoms. The van der Waals surface area contributed by atoms with E-state index in [1.807, 2.05) is 0 Å². The monoisotopic (exact) mass is 163 g/mol. The van der Waals surface area contributed by atoms with Gasteiger partial charge in [-0.1, -0.05) is 12.6 Å². The van der Waals surface area contributed by atoms with E-state index in [1.54, 1.807) is 6.92 Å². The van der Waals surface area contributed by atoms with Crippen LogP contribution in [-0.4, -0.2) is 24.4 Å². The van der Waals surface area contributed by atoms with Gasteiger partial charge < -0.3 is 10.1 Å². The Labute approximate surface area is 64.3 Å². The Kier molecular flexibility index (Phi) is 4.74.